The summed E-state index contributed by atoms with van der Waals surface area (Å²) in [5.41, 5.74) is 1.08. The van der Waals surface area contributed by atoms with Crippen LogP contribution in [-0.2, 0) is 9.53 Å². The fraction of sp³-hybridized carbons (Fsp3) is 0.471. The Morgan fingerprint density at radius 1 is 1.23 bits per heavy atom. The molecule has 0 bridgehead atoms. The van der Waals surface area contributed by atoms with Gasteiger partial charge in [0.2, 0.25) is 6.79 Å². The second-order valence-corrected chi connectivity index (χ2v) is 5.06. The first-order chi connectivity index (χ1) is 10.8. The molecule has 22 heavy (non-hydrogen) atoms. The monoisotopic (exact) mass is 306 g/mol. The van der Waals surface area contributed by atoms with Gasteiger partial charge < -0.3 is 19.3 Å². The molecule has 0 amide bonds. The second-order valence-electron chi connectivity index (χ2n) is 5.06. The number of benzene rings is 1. The van der Waals surface area contributed by atoms with E-state index in [0.717, 1.165) is 36.3 Å². The standard InChI is InChI=1S/C17H22O5/c18-10-5-11-20-17(19)7-4-2-1-3-6-14-8-9-15-16(12-14)22-13-21-15/h3,6,8-9,12,18H,1-2,4-5,7,10-11,13H2. The topological polar surface area (TPSA) is 65.0 Å². The third-order valence-electron chi connectivity index (χ3n) is 3.27. The molecule has 0 unspecified atom stereocenters. The number of fused-ring (bicyclic) bond motifs is 1. The van der Waals surface area contributed by atoms with Crippen LogP contribution in [0.5, 0.6) is 11.5 Å². The van der Waals surface area contributed by atoms with Crippen LogP contribution in [0.25, 0.3) is 6.08 Å². The molecule has 0 atom stereocenters. The predicted octanol–water partition coefficient (Wildman–Crippen LogP) is 2.91. The highest BCUT2D eigenvalue weighted by molar-refractivity contribution is 5.69. The molecule has 1 heterocycles. The van der Waals surface area contributed by atoms with Gasteiger partial charge in [0.25, 0.3) is 0 Å². The van der Waals surface area contributed by atoms with Crippen molar-refractivity contribution in [3.8, 4) is 11.5 Å². The molecule has 0 saturated heterocycles. The zero-order chi connectivity index (χ0) is 15.6. The van der Waals surface area contributed by atoms with Gasteiger partial charge in [0.05, 0.1) is 6.61 Å². The lowest BCUT2D eigenvalue weighted by molar-refractivity contribution is -0.144. The molecule has 5 nitrogen and oxygen atoms in total. The number of unbranched alkanes of at least 4 members (excludes halogenated alkanes) is 2. The number of rotatable bonds is 9. The SMILES string of the molecule is O=C(CCCCC=Cc1ccc2c(c1)OCO2)OCCCO. The summed E-state index contributed by atoms with van der Waals surface area (Å²) >= 11 is 0. The van der Waals surface area contributed by atoms with E-state index >= 15 is 0 Å². The molecule has 1 N–H and O–H groups in total. The smallest absolute Gasteiger partial charge is 0.305 e. The molecule has 5 heteroatoms. The van der Waals surface area contributed by atoms with E-state index in [1.54, 1.807) is 0 Å². The third-order valence-corrected chi connectivity index (χ3v) is 3.27. The Kier molecular flexibility index (Phi) is 6.77. The van der Waals surface area contributed by atoms with Gasteiger partial charge in [-0.05, 0) is 37.0 Å². The molecule has 1 aromatic carbocycles. The first-order valence-electron chi connectivity index (χ1n) is 7.62. The molecule has 1 aromatic rings. The number of allylic oxidation sites excluding steroid dienone is 1. The summed E-state index contributed by atoms with van der Waals surface area (Å²) in [7, 11) is 0. The lowest BCUT2D eigenvalue weighted by Gasteiger charge is -2.02. The van der Waals surface area contributed by atoms with Crippen LogP contribution in [-0.4, -0.2) is 31.1 Å². The quantitative estimate of drug-likeness (QED) is 0.561. The number of ether oxygens (including phenoxy) is 3. The number of carbonyl (C=O) groups excluding carboxylic acids is 1. The maximum Gasteiger partial charge on any atom is 0.305 e. The summed E-state index contributed by atoms with van der Waals surface area (Å²) < 4.78 is 15.6. The van der Waals surface area contributed by atoms with Gasteiger partial charge in [0.15, 0.2) is 11.5 Å². The molecule has 0 spiro atoms. The van der Waals surface area contributed by atoms with Crippen LogP contribution in [0.2, 0.25) is 0 Å². The number of aliphatic hydroxyl groups is 1. The first kappa shape index (κ1) is 16.4. The molecular formula is C17H22O5. The Morgan fingerprint density at radius 3 is 2.95 bits per heavy atom. The molecule has 0 fully saturated rings. The number of esters is 1. The molecule has 0 aromatic heterocycles. The molecule has 0 radical (unpaired) electrons. The number of carbonyl (C=O) groups is 1. The lowest BCUT2D eigenvalue weighted by atomic mass is 10.1. The zero-order valence-corrected chi connectivity index (χ0v) is 12.6. The van der Waals surface area contributed by atoms with Crippen LogP contribution in [0.1, 0.15) is 37.7 Å². The van der Waals surface area contributed by atoms with Crippen LogP contribution in [0.4, 0.5) is 0 Å². The number of aliphatic hydroxyl groups excluding tert-OH is 1. The third kappa shape index (κ3) is 5.41. The van der Waals surface area contributed by atoms with Gasteiger partial charge in [0.1, 0.15) is 0 Å². The minimum Gasteiger partial charge on any atom is -0.466 e. The van der Waals surface area contributed by atoms with Crippen molar-refractivity contribution in [2.24, 2.45) is 0 Å². The minimum atomic E-state index is -0.187. The zero-order valence-electron chi connectivity index (χ0n) is 12.6. The van der Waals surface area contributed by atoms with Crippen LogP contribution < -0.4 is 9.47 Å². The minimum absolute atomic E-state index is 0.0535. The summed E-state index contributed by atoms with van der Waals surface area (Å²) in [6.45, 7) is 0.647. The average Bonchev–Trinajstić information content (AvgIpc) is 2.98. The van der Waals surface area contributed by atoms with Gasteiger partial charge in [0, 0.05) is 19.4 Å². The van der Waals surface area contributed by atoms with Crippen LogP contribution in [0, 0.1) is 0 Å². The van der Waals surface area contributed by atoms with E-state index in [4.69, 9.17) is 19.3 Å². The van der Waals surface area contributed by atoms with E-state index < -0.39 is 0 Å². The van der Waals surface area contributed by atoms with Crippen molar-refractivity contribution in [2.75, 3.05) is 20.0 Å². The van der Waals surface area contributed by atoms with Gasteiger partial charge in [-0.1, -0.05) is 18.2 Å². The molecule has 1 aliphatic rings. The van der Waals surface area contributed by atoms with Crippen molar-refractivity contribution in [3.05, 3.63) is 29.8 Å². The van der Waals surface area contributed by atoms with Crippen molar-refractivity contribution in [1.82, 2.24) is 0 Å². The number of hydrogen-bond donors (Lipinski definition) is 1. The van der Waals surface area contributed by atoms with Crippen LogP contribution in [0.3, 0.4) is 0 Å². The Bertz CT molecular complexity index is 510. The molecule has 2 rings (SSSR count). The molecular weight excluding hydrogens is 284 g/mol. The van der Waals surface area contributed by atoms with Crippen molar-refractivity contribution in [1.29, 1.82) is 0 Å². The molecule has 120 valence electrons. The second kappa shape index (κ2) is 9.10. The van der Waals surface area contributed by atoms with E-state index in [1.807, 2.05) is 24.3 Å². The fourth-order valence-corrected chi connectivity index (χ4v) is 2.09. The van der Waals surface area contributed by atoms with Crippen LogP contribution >= 0.6 is 0 Å². The highest BCUT2D eigenvalue weighted by Crippen LogP contribution is 2.32. The van der Waals surface area contributed by atoms with E-state index in [0.29, 0.717) is 19.4 Å². The van der Waals surface area contributed by atoms with Crippen LogP contribution in [0.15, 0.2) is 24.3 Å². The lowest BCUT2D eigenvalue weighted by Crippen LogP contribution is -2.06. The van der Waals surface area contributed by atoms with E-state index in [9.17, 15) is 4.79 Å². The Hall–Kier alpha value is -2.01. The Balaban J connectivity index is 1.59. The summed E-state index contributed by atoms with van der Waals surface area (Å²) in [6, 6.07) is 5.85. The molecule has 1 aliphatic heterocycles. The first-order valence-corrected chi connectivity index (χ1v) is 7.62. The number of hydrogen-bond acceptors (Lipinski definition) is 5. The maximum atomic E-state index is 11.3. The van der Waals surface area contributed by atoms with E-state index in [2.05, 4.69) is 6.08 Å². The average molecular weight is 306 g/mol. The van der Waals surface area contributed by atoms with Gasteiger partial charge in [-0.3, -0.25) is 4.79 Å². The van der Waals surface area contributed by atoms with Gasteiger partial charge >= 0.3 is 5.97 Å². The van der Waals surface area contributed by atoms with Gasteiger partial charge in [-0.2, -0.15) is 0 Å². The largest absolute Gasteiger partial charge is 0.466 e. The normalized spacial score (nSPS) is 12.8. The summed E-state index contributed by atoms with van der Waals surface area (Å²) in [4.78, 5) is 11.3. The summed E-state index contributed by atoms with van der Waals surface area (Å²) in [5, 5.41) is 8.58. The van der Waals surface area contributed by atoms with Crippen molar-refractivity contribution < 1.29 is 24.1 Å². The highest BCUT2D eigenvalue weighted by atomic mass is 16.7. The Labute approximate surface area is 130 Å². The highest BCUT2D eigenvalue weighted by Gasteiger charge is 2.11. The maximum absolute atomic E-state index is 11.3. The van der Waals surface area contributed by atoms with Crippen molar-refractivity contribution >= 4 is 12.0 Å². The fourth-order valence-electron chi connectivity index (χ4n) is 2.09. The summed E-state index contributed by atoms with van der Waals surface area (Å²) in [6.07, 6.45) is 7.74. The van der Waals surface area contributed by atoms with Crippen molar-refractivity contribution in [2.45, 2.75) is 32.1 Å². The van der Waals surface area contributed by atoms with E-state index in [-0.39, 0.29) is 19.4 Å². The van der Waals surface area contributed by atoms with Gasteiger partial charge in [-0.25, -0.2) is 0 Å². The molecule has 0 aliphatic carbocycles. The van der Waals surface area contributed by atoms with E-state index in [1.165, 1.54) is 0 Å². The van der Waals surface area contributed by atoms with Crippen molar-refractivity contribution in [3.63, 3.8) is 0 Å². The van der Waals surface area contributed by atoms with Gasteiger partial charge in [-0.15, -0.1) is 0 Å². The summed E-state index contributed by atoms with van der Waals surface area (Å²) in [5.74, 6) is 1.39. The Morgan fingerprint density at radius 2 is 2.09 bits per heavy atom. The molecule has 0 saturated carbocycles. The predicted molar refractivity (Wildman–Crippen MR) is 82.7 cm³/mol.